The van der Waals surface area contributed by atoms with Crippen molar-refractivity contribution in [3.63, 3.8) is 0 Å². The third-order valence-electron chi connectivity index (χ3n) is 5.34. The van der Waals surface area contributed by atoms with Crippen LogP contribution in [0, 0.1) is 11.6 Å². The molecule has 1 heterocycles. The van der Waals surface area contributed by atoms with Gasteiger partial charge in [-0.2, -0.15) is 4.31 Å². The lowest BCUT2D eigenvalue weighted by Gasteiger charge is -2.35. The van der Waals surface area contributed by atoms with Crippen LogP contribution in [0.1, 0.15) is 10.4 Å². The summed E-state index contributed by atoms with van der Waals surface area (Å²) in [5.41, 5.74) is 0.839. The highest BCUT2D eigenvalue weighted by Gasteiger charge is 2.29. The van der Waals surface area contributed by atoms with Crippen LogP contribution in [-0.2, 0) is 10.0 Å². The van der Waals surface area contributed by atoms with E-state index in [1.807, 2.05) is 4.90 Å². The molecule has 1 aliphatic heterocycles. The van der Waals surface area contributed by atoms with E-state index in [0.717, 1.165) is 11.8 Å². The highest BCUT2D eigenvalue weighted by molar-refractivity contribution is 7.89. The molecule has 4 rings (SSSR count). The van der Waals surface area contributed by atoms with Crippen molar-refractivity contribution in [2.24, 2.45) is 0 Å². The van der Waals surface area contributed by atoms with E-state index < -0.39 is 21.7 Å². The first-order valence-corrected chi connectivity index (χ1v) is 11.9. The number of sulfonamides is 1. The molecule has 0 unspecified atom stereocenters. The second-order valence-corrected chi connectivity index (χ2v) is 9.85. The Labute approximate surface area is 195 Å². The van der Waals surface area contributed by atoms with E-state index in [-0.39, 0.29) is 40.1 Å². The average Bonchev–Trinajstić information content (AvgIpc) is 2.81. The van der Waals surface area contributed by atoms with Crippen molar-refractivity contribution in [3.8, 4) is 0 Å². The second-order valence-electron chi connectivity index (χ2n) is 7.47. The molecule has 0 atom stereocenters. The predicted molar refractivity (Wildman–Crippen MR) is 123 cm³/mol. The maximum Gasteiger partial charge on any atom is 0.255 e. The Bertz CT molecular complexity index is 1280. The minimum atomic E-state index is -3.84. The van der Waals surface area contributed by atoms with Crippen LogP contribution in [-0.4, -0.2) is 44.8 Å². The van der Waals surface area contributed by atoms with E-state index in [4.69, 9.17) is 11.6 Å². The van der Waals surface area contributed by atoms with E-state index >= 15 is 0 Å². The van der Waals surface area contributed by atoms with E-state index in [0.29, 0.717) is 13.1 Å². The van der Waals surface area contributed by atoms with Gasteiger partial charge in [-0.1, -0.05) is 17.7 Å². The van der Waals surface area contributed by atoms with E-state index in [1.165, 1.54) is 52.8 Å². The van der Waals surface area contributed by atoms with Crippen molar-refractivity contribution in [3.05, 3.63) is 89.0 Å². The van der Waals surface area contributed by atoms with Crippen LogP contribution in [0.3, 0.4) is 0 Å². The predicted octanol–water partition coefficient (Wildman–Crippen LogP) is 4.38. The first-order chi connectivity index (χ1) is 15.7. The highest BCUT2D eigenvalue weighted by Crippen LogP contribution is 2.23. The number of amides is 1. The van der Waals surface area contributed by atoms with Gasteiger partial charge in [-0.05, 0) is 60.7 Å². The Hall–Kier alpha value is -3.01. The number of nitrogens with one attached hydrogen (secondary N) is 1. The topological polar surface area (TPSA) is 69.7 Å². The number of hydrogen-bond donors (Lipinski definition) is 1. The van der Waals surface area contributed by atoms with Crippen molar-refractivity contribution in [2.45, 2.75) is 4.90 Å². The molecule has 1 saturated heterocycles. The number of carbonyl (C=O) groups is 1. The molecule has 3 aromatic carbocycles. The first kappa shape index (κ1) is 23.2. The molecule has 0 aliphatic carbocycles. The van der Waals surface area contributed by atoms with Crippen LogP contribution in [0.4, 0.5) is 20.2 Å². The summed E-state index contributed by atoms with van der Waals surface area (Å²) in [6.07, 6.45) is 0. The summed E-state index contributed by atoms with van der Waals surface area (Å²) in [5, 5.41) is 2.62. The summed E-state index contributed by atoms with van der Waals surface area (Å²) in [7, 11) is -3.84. The van der Waals surface area contributed by atoms with Crippen molar-refractivity contribution < 1.29 is 22.0 Å². The van der Waals surface area contributed by atoms with E-state index in [2.05, 4.69) is 5.32 Å². The molecular weight excluding hydrogens is 472 g/mol. The lowest BCUT2D eigenvalue weighted by molar-refractivity contribution is 0.102. The molecule has 172 valence electrons. The van der Waals surface area contributed by atoms with Gasteiger partial charge < -0.3 is 10.2 Å². The average molecular weight is 492 g/mol. The van der Waals surface area contributed by atoms with Crippen molar-refractivity contribution in [1.29, 1.82) is 0 Å². The molecule has 0 aromatic heterocycles. The van der Waals surface area contributed by atoms with Gasteiger partial charge in [0, 0.05) is 42.5 Å². The zero-order valence-electron chi connectivity index (χ0n) is 17.3. The molecular formula is C23H20ClF2N3O3S. The van der Waals surface area contributed by atoms with Gasteiger partial charge in [0.2, 0.25) is 10.0 Å². The van der Waals surface area contributed by atoms with Gasteiger partial charge in [0.25, 0.3) is 5.91 Å². The van der Waals surface area contributed by atoms with Gasteiger partial charge in [0.1, 0.15) is 11.6 Å². The van der Waals surface area contributed by atoms with E-state index in [9.17, 15) is 22.0 Å². The second kappa shape index (κ2) is 9.46. The fraction of sp³-hybridized carbons (Fsp3) is 0.174. The summed E-state index contributed by atoms with van der Waals surface area (Å²) < 4.78 is 54.8. The number of piperazine rings is 1. The number of anilines is 2. The maximum atomic E-state index is 14.0. The van der Waals surface area contributed by atoms with Crippen LogP contribution in [0.2, 0.25) is 5.02 Å². The molecule has 6 nitrogen and oxygen atoms in total. The molecule has 3 aromatic rings. The van der Waals surface area contributed by atoms with Gasteiger partial charge in [-0.25, -0.2) is 17.2 Å². The minimum Gasteiger partial charge on any atom is -0.369 e. The fourth-order valence-corrected chi connectivity index (χ4v) is 5.20. The SMILES string of the molecule is O=C(Nc1ccc(Cl)cc1F)c1cccc(S(=O)(=O)N2CCN(c3ccc(F)cc3)CC2)c1. The molecule has 0 bridgehead atoms. The Balaban J connectivity index is 1.47. The van der Waals surface area contributed by atoms with Crippen LogP contribution < -0.4 is 10.2 Å². The van der Waals surface area contributed by atoms with Gasteiger partial charge >= 0.3 is 0 Å². The molecule has 1 N–H and O–H groups in total. The Morgan fingerprint density at radius 2 is 1.61 bits per heavy atom. The molecule has 1 aliphatic rings. The molecule has 0 radical (unpaired) electrons. The smallest absolute Gasteiger partial charge is 0.255 e. The molecule has 1 amide bonds. The van der Waals surface area contributed by atoms with Gasteiger partial charge in [-0.3, -0.25) is 4.79 Å². The number of nitrogens with zero attached hydrogens (tertiary/aromatic N) is 2. The number of hydrogen-bond acceptors (Lipinski definition) is 4. The first-order valence-electron chi connectivity index (χ1n) is 10.1. The Morgan fingerprint density at radius 3 is 2.27 bits per heavy atom. The number of halogens is 3. The molecule has 0 saturated carbocycles. The lowest BCUT2D eigenvalue weighted by atomic mass is 10.2. The summed E-state index contributed by atoms with van der Waals surface area (Å²) in [6, 6.07) is 15.5. The van der Waals surface area contributed by atoms with Gasteiger partial charge in [0.05, 0.1) is 10.6 Å². The van der Waals surface area contributed by atoms with Gasteiger partial charge in [-0.15, -0.1) is 0 Å². The largest absolute Gasteiger partial charge is 0.369 e. The normalized spacial score (nSPS) is 14.8. The zero-order chi connectivity index (χ0) is 23.6. The zero-order valence-corrected chi connectivity index (χ0v) is 18.9. The van der Waals surface area contributed by atoms with Crippen molar-refractivity contribution >= 4 is 38.9 Å². The third kappa shape index (κ3) is 5.16. The third-order valence-corrected chi connectivity index (χ3v) is 7.47. The van der Waals surface area contributed by atoms with E-state index in [1.54, 1.807) is 12.1 Å². The standard InChI is InChI=1S/C23H20ClF2N3O3S/c24-17-4-9-22(21(26)15-17)27-23(30)16-2-1-3-20(14-16)33(31,32)29-12-10-28(11-13-29)19-7-5-18(25)6-8-19/h1-9,14-15H,10-13H2,(H,27,30). The summed E-state index contributed by atoms with van der Waals surface area (Å²) in [5.74, 6) is -1.67. The lowest BCUT2D eigenvalue weighted by Crippen LogP contribution is -2.48. The van der Waals surface area contributed by atoms with Crippen LogP contribution in [0.5, 0.6) is 0 Å². The minimum absolute atomic E-state index is 0.0260. The Morgan fingerprint density at radius 1 is 0.909 bits per heavy atom. The summed E-state index contributed by atoms with van der Waals surface area (Å²) in [4.78, 5) is 14.5. The van der Waals surface area contributed by atoms with Crippen LogP contribution in [0.15, 0.2) is 71.6 Å². The monoisotopic (exact) mass is 491 g/mol. The molecule has 0 spiro atoms. The molecule has 1 fully saturated rings. The number of benzene rings is 3. The number of rotatable bonds is 5. The fourth-order valence-electron chi connectivity index (χ4n) is 3.57. The molecule has 10 heteroatoms. The van der Waals surface area contributed by atoms with Crippen LogP contribution >= 0.6 is 11.6 Å². The van der Waals surface area contributed by atoms with Gasteiger partial charge in [0.15, 0.2) is 0 Å². The summed E-state index contributed by atoms with van der Waals surface area (Å²) in [6.45, 7) is 1.38. The highest BCUT2D eigenvalue weighted by atomic mass is 35.5. The summed E-state index contributed by atoms with van der Waals surface area (Å²) >= 11 is 5.72. The Kier molecular flexibility index (Phi) is 6.64. The van der Waals surface area contributed by atoms with Crippen molar-refractivity contribution in [1.82, 2.24) is 4.31 Å². The number of carbonyl (C=O) groups excluding carboxylic acids is 1. The van der Waals surface area contributed by atoms with Crippen LogP contribution in [0.25, 0.3) is 0 Å². The quantitative estimate of drug-likeness (QED) is 0.575. The molecule has 33 heavy (non-hydrogen) atoms. The maximum absolute atomic E-state index is 14.0. The van der Waals surface area contributed by atoms with Crippen molar-refractivity contribution in [2.75, 3.05) is 36.4 Å².